The Bertz CT molecular complexity index is 1190. The highest BCUT2D eigenvalue weighted by Crippen LogP contribution is 2.32. The highest BCUT2D eigenvalue weighted by Gasteiger charge is 2.20. The van der Waals surface area contributed by atoms with Gasteiger partial charge in [0.15, 0.2) is 5.76 Å². The van der Waals surface area contributed by atoms with Crippen molar-refractivity contribution in [3.05, 3.63) is 70.4 Å². The maximum Gasteiger partial charge on any atom is 0.412 e. The van der Waals surface area contributed by atoms with Gasteiger partial charge in [0.05, 0.1) is 0 Å². The first-order valence-corrected chi connectivity index (χ1v) is 10.7. The number of carboxylic acid groups (broad SMARTS) is 1. The summed E-state index contributed by atoms with van der Waals surface area (Å²) >= 11 is 6.18. The standard InChI is InChI=1S/C25H23ClN2O5/c1-16-23(27-25(31)32-17(2)20-9-6-7-10-21(20)26)24(33-28-16)19-14-12-18(13-15-19)8-4-3-5-11-22(29)30/h6-7,9-10,12-15,17H,3,5,11H2,1-2H3,(H,27,31)(H,29,30). The van der Waals surface area contributed by atoms with Gasteiger partial charge in [-0.25, -0.2) is 4.79 Å². The number of nitrogens with one attached hydrogen (secondary N) is 1. The van der Waals surface area contributed by atoms with Crippen LogP contribution in [-0.4, -0.2) is 22.3 Å². The van der Waals surface area contributed by atoms with Gasteiger partial charge in [0.25, 0.3) is 0 Å². The molecule has 2 aromatic carbocycles. The summed E-state index contributed by atoms with van der Waals surface area (Å²) in [6.45, 7) is 3.46. The smallest absolute Gasteiger partial charge is 0.412 e. The summed E-state index contributed by atoms with van der Waals surface area (Å²) in [7, 11) is 0. The highest BCUT2D eigenvalue weighted by molar-refractivity contribution is 6.31. The van der Waals surface area contributed by atoms with Gasteiger partial charge in [0.2, 0.25) is 0 Å². The van der Waals surface area contributed by atoms with Gasteiger partial charge in [0.1, 0.15) is 17.5 Å². The van der Waals surface area contributed by atoms with E-state index in [1.807, 2.05) is 36.4 Å². The zero-order valence-electron chi connectivity index (χ0n) is 18.2. The number of unbranched alkanes of at least 4 members (excludes halogenated alkanes) is 1. The number of carbonyl (C=O) groups is 2. The lowest BCUT2D eigenvalue weighted by molar-refractivity contribution is -0.137. The van der Waals surface area contributed by atoms with E-state index in [-0.39, 0.29) is 6.42 Å². The van der Waals surface area contributed by atoms with E-state index in [1.165, 1.54) is 0 Å². The van der Waals surface area contributed by atoms with Crippen molar-refractivity contribution < 1.29 is 24.0 Å². The molecule has 1 aromatic heterocycles. The van der Waals surface area contributed by atoms with Gasteiger partial charge >= 0.3 is 12.1 Å². The number of carboxylic acids is 1. The summed E-state index contributed by atoms with van der Waals surface area (Å²) in [6.07, 6.45) is -0.0706. The van der Waals surface area contributed by atoms with Crippen LogP contribution in [0.2, 0.25) is 5.02 Å². The second-order valence-electron chi connectivity index (χ2n) is 7.29. The molecule has 7 nitrogen and oxygen atoms in total. The Kier molecular flexibility index (Phi) is 8.11. The number of anilines is 1. The van der Waals surface area contributed by atoms with Gasteiger partial charge in [0, 0.05) is 34.6 Å². The molecule has 1 amide bonds. The average Bonchev–Trinajstić information content (AvgIpc) is 3.14. The van der Waals surface area contributed by atoms with Crippen molar-refractivity contribution in [1.82, 2.24) is 5.16 Å². The Balaban J connectivity index is 1.67. The Hall–Kier alpha value is -3.76. The largest absolute Gasteiger partial charge is 0.481 e. The normalized spacial score (nSPS) is 11.2. The van der Waals surface area contributed by atoms with Gasteiger partial charge in [-0.2, -0.15) is 0 Å². The van der Waals surface area contributed by atoms with Crippen LogP contribution in [0.4, 0.5) is 10.5 Å². The molecule has 1 atom stereocenters. The molecular weight excluding hydrogens is 444 g/mol. The third-order valence-electron chi connectivity index (χ3n) is 4.79. The minimum absolute atomic E-state index is 0.105. The Morgan fingerprint density at radius 2 is 1.94 bits per heavy atom. The Morgan fingerprint density at radius 1 is 1.21 bits per heavy atom. The number of aryl methyl sites for hydroxylation is 1. The van der Waals surface area contributed by atoms with Crippen LogP contribution in [0.15, 0.2) is 53.1 Å². The SMILES string of the molecule is Cc1noc(-c2ccc(C#CCCCC(=O)O)cc2)c1NC(=O)OC(C)c1ccccc1Cl. The molecule has 0 aliphatic heterocycles. The van der Waals surface area contributed by atoms with Gasteiger partial charge in [-0.3, -0.25) is 10.1 Å². The van der Waals surface area contributed by atoms with Gasteiger partial charge in [-0.05, 0) is 50.6 Å². The summed E-state index contributed by atoms with van der Waals surface area (Å²) in [6, 6.07) is 14.4. The van der Waals surface area contributed by atoms with Gasteiger partial charge < -0.3 is 14.4 Å². The molecule has 8 heteroatoms. The average molecular weight is 467 g/mol. The van der Waals surface area contributed by atoms with E-state index < -0.39 is 18.2 Å². The Morgan fingerprint density at radius 3 is 2.64 bits per heavy atom. The molecule has 0 spiro atoms. The van der Waals surface area contributed by atoms with Crippen LogP contribution in [0.3, 0.4) is 0 Å². The number of ether oxygens (including phenoxy) is 1. The van der Waals surface area contributed by atoms with Crippen LogP contribution in [0, 0.1) is 18.8 Å². The zero-order chi connectivity index (χ0) is 23.8. The molecule has 3 rings (SSSR count). The molecule has 0 saturated heterocycles. The minimum atomic E-state index is -0.824. The lowest BCUT2D eigenvalue weighted by atomic mass is 10.1. The maximum absolute atomic E-state index is 12.5. The minimum Gasteiger partial charge on any atom is -0.481 e. The van der Waals surface area contributed by atoms with Crippen molar-refractivity contribution in [1.29, 1.82) is 0 Å². The number of rotatable bonds is 7. The zero-order valence-corrected chi connectivity index (χ0v) is 19.0. The number of hydrogen-bond acceptors (Lipinski definition) is 5. The summed E-state index contributed by atoms with van der Waals surface area (Å²) in [5.41, 5.74) is 3.12. The van der Waals surface area contributed by atoms with E-state index in [0.717, 1.165) is 5.56 Å². The fourth-order valence-corrected chi connectivity index (χ4v) is 3.36. The molecule has 2 N–H and O–H groups in total. The topological polar surface area (TPSA) is 102 Å². The van der Waals surface area contributed by atoms with Gasteiger partial charge in [-0.1, -0.05) is 46.8 Å². The number of benzene rings is 2. The van der Waals surface area contributed by atoms with Crippen LogP contribution in [0.5, 0.6) is 0 Å². The van der Waals surface area contributed by atoms with Crippen molar-refractivity contribution in [3.8, 4) is 23.2 Å². The van der Waals surface area contributed by atoms with E-state index >= 15 is 0 Å². The Labute approximate surface area is 196 Å². The molecule has 1 unspecified atom stereocenters. The fourth-order valence-electron chi connectivity index (χ4n) is 3.07. The van der Waals surface area contributed by atoms with Crippen molar-refractivity contribution in [2.45, 2.75) is 39.2 Å². The monoisotopic (exact) mass is 466 g/mol. The molecule has 0 fully saturated rings. The van der Waals surface area contributed by atoms with Crippen LogP contribution in [-0.2, 0) is 9.53 Å². The summed E-state index contributed by atoms with van der Waals surface area (Å²) < 4.78 is 10.9. The van der Waals surface area contributed by atoms with E-state index in [9.17, 15) is 9.59 Å². The highest BCUT2D eigenvalue weighted by atomic mass is 35.5. The lowest BCUT2D eigenvalue weighted by Crippen LogP contribution is -2.17. The number of aliphatic carboxylic acids is 1. The third kappa shape index (κ3) is 6.61. The molecule has 1 heterocycles. The summed E-state index contributed by atoms with van der Waals surface area (Å²) in [5.74, 6) is 5.54. The second kappa shape index (κ2) is 11.2. The van der Waals surface area contributed by atoms with E-state index in [0.29, 0.717) is 46.1 Å². The summed E-state index contributed by atoms with van der Waals surface area (Å²) in [5, 5.41) is 15.8. The molecule has 0 aliphatic carbocycles. The van der Waals surface area contributed by atoms with Crippen LogP contribution in [0.25, 0.3) is 11.3 Å². The molecule has 3 aromatic rings. The summed E-state index contributed by atoms with van der Waals surface area (Å²) in [4.78, 5) is 23.0. The first kappa shape index (κ1) is 23.9. The second-order valence-corrected chi connectivity index (χ2v) is 7.70. The molecule has 0 saturated carbocycles. The third-order valence-corrected chi connectivity index (χ3v) is 5.13. The fraction of sp³-hybridized carbons (Fsp3) is 0.240. The number of aromatic nitrogens is 1. The molecule has 33 heavy (non-hydrogen) atoms. The molecular formula is C25H23ClN2O5. The van der Waals surface area contributed by atoms with Crippen molar-refractivity contribution in [3.63, 3.8) is 0 Å². The lowest BCUT2D eigenvalue weighted by Gasteiger charge is -2.15. The first-order chi connectivity index (χ1) is 15.8. The number of nitrogens with zero attached hydrogens (tertiary/aromatic N) is 1. The molecule has 0 radical (unpaired) electrons. The van der Waals surface area contributed by atoms with Crippen LogP contribution >= 0.6 is 11.6 Å². The van der Waals surface area contributed by atoms with Crippen molar-refractivity contribution in [2.24, 2.45) is 0 Å². The molecule has 0 aliphatic rings. The van der Waals surface area contributed by atoms with E-state index in [4.69, 9.17) is 26.0 Å². The van der Waals surface area contributed by atoms with Crippen LogP contribution in [0.1, 0.15) is 49.1 Å². The first-order valence-electron chi connectivity index (χ1n) is 10.3. The number of hydrogen-bond donors (Lipinski definition) is 2. The quantitative estimate of drug-likeness (QED) is 0.316. The van der Waals surface area contributed by atoms with Gasteiger partial charge in [-0.15, -0.1) is 0 Å². The molecule has 170 valence electrons. The van der Waals surface area contributed by atoms with E-state index in [1.54, 1.807) is 26.0 Å². The number of halogens is 1. The number of amides is 1. The van der Waals surface area contributed by atoms with Crippen molar-refractivity contribution >= 4 is 29.4 Å². The predicted molar refractivity (Wildman–Crippen MR) is 125 cm³/mol. The molecule has 0 bridgehead atoms. The maximum atomic E-state index is 12.5. The van der Waals surface area contributed by atoms with E-state index in [2.05, 4.69) is 22.3 Å². The van der Waals surface area contributed by atoms with Crippen LogP contribution < -0.4 is 5.32 Å². The van der Waals surface area contributed by atoms with Crippen molar-refractivity contribution in [2.75, 3.05) is 5.32 Å². The predicted octanol–water partition coefficient (Wildman–Crippen LogP) is 6.22. The number of carbonyl (C=O) groups excluding carboxylic acids is 1.